The molecule has 4 N–H and O–H groups in total. The van der Waals surface area contributed by atoms with E-state index in [9.17, 15) is 8.78 Å². The van der Waals surface area contributed by atoms with Crippen LogP contribution in [0.15, 0.2) is 12.1 Å². The number of rotatable bonds is 5. The number of nitrogens with two attached hydrogens (primary N) is 2. The molecule has 0 aromatic heterocycles. The highest BCUT2D eigenvalue weighted by atomic mass is 19.1. The van der Waals surface area contributed by atoms with Crippen molar-refractivity contribution in [1.29, 1.82) is 0 Å². The van der Waals surface area contributed by atoms with E-state index >= 15 is 0 Å². The molecule has 0 amide bonds. The highest BCUT2D eigenvalue weighted by Gasteiger charge is 2.21. The molecule has 2 unspecified atom stereocenters. The van der Waals surface area contributed by atoms with Crippen LogP contribution in [0.4, 0.5) is 8.78 Å². The fraction of sp³-hybridized carbons (Fsp3) is 0.500. The van der Waals surface area contributed by atoms with Crippen LogP contribution in [0.1, 0.15) is 24.9 Å². The van der Waals surface area contributed by atoms with Crippen molar-refractivity contribution in [2.24, 2.45) is 17.4 Å². The molecule has 17 heavy (non-hydrogen) atoms. The second-order valence-corrected chi connectivity index (χ2v) is 3.94. The van der Waals surface area contributed by atoms with Gasteiger partial charge in [-0.15, -0.1) is 0 Å². The number of hydrogen-bond donors (Lipinski definition) is 2. The third kappa shape index (κ3) is 2.92. The van der Waals surface area contributed by atoms with E-state index in [0.717, 1.165) is 12.1 Å². The van der Waals surface area contributed by atoms with Crippen LogP contribution in [0.25, 0.3) is 0 Å². The van der Waals surface area contributed by atoms with E-state index in [1.807, 2.05) is 6.92 Å². The predicted molar refractivity (Wildman–Crippen MR) is 62.7 cm³/mol. The van der Waals surface area contributed by atoms with E-state index in [0.29, 0.717) is 13.0 Å². The molecule has 1 aromatic rings. The Kier molecular flexibility index (Phi) is 4.84. The summed E-state index contributed by atoms with van der Waals surface area (Å²) >= 11 is 0. The summed E-state index contributed by atoms with van der Waals surface area (Å²) in [4.78, 5) is 0. The Hall–Kier alpha value is -1.20. The second-order valence-electron chi connectivity index (χ2n) is 3.94. The highest BCUT2D eigenvalue weighted by Crippen LogP contribution is 2.28. The van der Waals surface area contributed by atoms with Gasteiger partial charge in [-0.1, -0.05) is 13.3 Å². The number of ether oxygens (including phenoxy) is 1. The summed E-state index contributed by atoms with van der Waals surface area (Å²) in [5.41, 5.74) is 11.6. The molecule has 0 bridgehead atoms. The van der Waals surface area contributed by atoms with Gasteiger partial charge in [0.2, 0.25) is 0 Å². The summed E-state index contributed by atoms with van der Waals surface area (Å²) in [5.74, 6) is -1.38. The van der Waals surface area contributed by atoms with Gasteiger partial charge in [-0.25, -0.2) is 8.78 Å². The summed E-state index contributed by atoms with van der Waals surface area (Å²) in [6, 6.07) is 1.48. The zero-order valence-electron chi connectivity index (χ0n) is 10.0. The standard InChI is InChI=1S/C12H18F2N2O/c1-3-7(6-15)12(16)8-4-10(14)11(17-2)5-9(8)13/h4-5,7,12H,3,6,15-16H2,1-2H3. The molecular formula is C12H18F2N2O. The fourth-order valence-corrected chi connectivity index (χ4v) is 1.78. The van der Waals surface area contributed by atoms with Gasteiger partial charge >= 0.3 is 0 Å². The maximum absolute atomic E-state index is 13.7. The first-order valence-corrected chi connectivity index (χ1v) is 5.53. The van der Waals surface area contributed by atoms with Gasteiger partial charge in [-0.2, -0.15) is 0 Å². The van der Waals surface area contributed by atoms with E-state index < -0.39 is 17.7 Å². The first kappa shape index (κ1) is 13.9. The molecule has 0 spiro atoms. The topological polar surface area (TPSA) is 61.3 Å². The van der Waals surface area contributed by atoms with Gasteiger partial charge < -0.3 is 16.2 Å². The number of benzene rings is 1. The molecule has 0 saturated carbocycles. The zero-order valence-corrected chi connectivity index (χ0v) is 10.0. The summed E-state index contributed by atoms with van der Waals surface area (Å²) < 4.78 is 31.9. The van der Waals surface area contributed by atoms with Crippen molar-refractivity contribution in [3.63, 3.8) is 0 Å². The van der Waals surface area contributed by atoms with Crippen LogP contribution in [0, 0.1) is 17.6 Å². The Morgan fingerprint density at radius 1 is 1.29 bits per heavy atom. The summed E-state index contributed by atoms with van der Waals surface area (Å²) in [6.45, 7) is 2.25. The van der Waals surface area contributed by atoms with Crippen LogP contribution in [0.5, 0.6) is 5.75 Å². The molecule has 0 aliphatic rings. The van der Waals surface area contributed by atoms with E-state index in [1.54, 1.807) is 0 Å². The summed E-state index contributed by atoms with van der Waals surface area (Å²) in [5, 5.41) is 0. The van der Waals surface area contributed by atoms with Crippen molar-refractivity contribution < 1.29 is 13.5 Å². The molecule has 3 nitrogen and oxygen atoms in total. The fourth-order valence-electron chi connectivity index (χ4n) is 1.78. The zero-order chi connectivity index (χ0) is 13.0. The lowest BCUT2D eigenvalue weighted by molar-refractivity contribution is 0.375. The molecule has 0 heterocycles. The number of methoxy groups -OCH3 is 1. The maximum Gasteiger partial charge on any atom is 0.165 e. The average Bonchev–Trinajstić information content (AvgIpc) is 2.32. The monoisotopic (exact) mass is 244 g/mol. The van der Waals surface area contributed by atoms with Gasteiger partial charge in [-0.3, -0.25) is 0 Å². The molecule has 0 fully saturated rings. The van der Waals surface area contributed by atoms with Crippen molar-refractivity contribution >= 4 is 0 Å². The van der Waals surface area contributed by atoms with Crippen LogP contribution in [0.2, 0.25) is 0 Å². The summed E-state index contributed by atoms with van der Waals surface area (Å²) in [6.07, 6.45) is 0.713. The third-order valence-corrected chi connectivity index (χ3v) is 2.97. The first-order chi connectivity index (χ1) is 8.04. The first-order valence-electron chi connectivity index (χ1n) is 5.53. The van der Waals surface area contributed by atoms with Gasteiger partial charge in [-0.05, 0) is 18.5 Å². The molecule has 0 saturated heterocycles. The van der Waals surface area contributed by atoms with Crippen LogP contribution in [0.3, 0.4) is 0 Å². The van der Waals surface area contributed by atoms with Crippen molar-refractivity contribution in [3.8, 4) is 5.75 Å². The van der Waals surface area contributed by atoms with Gasteiger partial charge in [0.15, 0.2) is 11.6 Å². The molecule has 0 aliphatic heterocycles. The van der Waals surface area contributed by atoms with Crippen LogP contribution >= 0.6 is 0 Å². The van der Waals surface area contributed by atoms with Crippen molar-refractivity contribution in [2.75, 3.05) is 13.7 Å². The third-order valence-electron chi connectivity index (χ3n) is 2.97. The lowest BCUT2D eigenvalue weighted by atomic mass is 9.91. The molecule has 1 rings (SSSR count). The van der Waals surface area contributed by atoms with Crippen LogP contribution < -0.4 is 16.2 Å². The minimum Gasteiger partial charge on any atom is -0.494 e. The normalized spacial score (nSPS) is 14.5. The molecule has 1 aromatic carbocycles. The number of halogens is 2. The second kappa shape index (κ2) is 5.93. The number of hydrogen-bond acceptors (Lipinski definition) is 3. The smallest absolute Gasteiger partial charge is 0.165 e. The van der Waals surface area contributed by atoms with Crippen molar-refractivity contribution in [2.45, 2.75) is 19.4 Å². The quantitative estimate of drug-likeness (QED) is 0.832. The maximum atomic E-state index is 13.7. The molecule has 96 valence electrons. The minimum absolute atomic E-state index is 0.0719. The molecular weight excluding hydrogens is 226 g/mol. The van der Waals surface area contributed by atoms with E-state index in [1.165, 1.54) is 7.11 Å². The van der Waals surface area contributed by atoms with Gasteiger partial charge in [0.05, 0.1) is 7.11 Å². The van der Waals surface area contributed by atoms with E-state index in [-0.39, 0.29) is 17.2 Å². The average molecular weight is 244 g/mol. The Labute approximate surface area is 99.7 Å². The predicted octanol–water partition coefficient (Wildman–Crippen LogP) is 1.96. The van der Waals surface area contributed by atoms with Crippen LogP contribution in [-0.4, -0.2) is 13.7 Å². The van der Waals surface area contributed by atoms with Crippen molar-refractivity contribution in [3.05, 3.63) is 29.3 Å². The van der Waals surface area contributed by atoms with Crippen molar-refractivity contribution in [1.82, 2.24) is 0 Å². The van der Waals surface area contributed by atoms with Gasteiger partial charge in [0.1, 0.15) is 5.82 Å². The minimum atomic E-state index is -0.619. The highest BCUT2D eigenvalue weighted by molar-refractivity contribution is 5.32. The lowest BCUT2D eigenvalue weighted by Gasteiger charge is -2.22. The Balaban J connectivity index is 3.09. The lowest BCUT2D eigenvalue weighted by Crippen LogP contribution is -2.28. The molecule has 2 atom stereocenters. The van der Waals surface area contributed by atoms with Gasteiger partial charge in [0.25, 0.3) is 0 Å². The molecule has 0 aliphatic carbocycles. The Morgan fingerprint density at radius 3 is 2.41 bits per heavy atom. The molecule has 5 heteroatoms. The summed E-state index contributed by atoms with van der Waals surface area (Å²) in [7, 11) is 1.28. The Morgan fingerprint density at radius 2 is 1.94 bits per heavy atom. The largest absolute Gasteiger partial charge is 0.494 e. The van der Waals surface area contributed by atoms with E-state index in [2.05, 4.69) is 0 Å². The van der Waals surface area contributed by atoms with Crippen LogP contribution in [-0.2, 0) is 0 Å². The van der Waals surface area contributed by atoms with Gasteiger partial charge in [0, 0.05) is 17.7 Å². The Bertz CT molecular complexity index is 381. The SMILES string of the molecule is CCC(CN)C(N)c1cc(F)c(OC)cc1F. The van der Waals surface area contributed by atoms with E-state index in [4.69, 9.17) is 16.2 Å². The molecule has 0 radical (unpaired) electrons.